The van der Waals surface area contributed by atoms with Gasteiger partial charge in [-0.15, -0.1) is 0 Å². The Bertz CT molecular complexity index is 565. The number of benzene rings is 1. The Labute approximate surface area is 109 Å². The molecule has 6 heteroatoms. The molecule has 0 saturated carbocycles. The summed E-state index contributed by atoms with van der Waals surface area (Å²) in [6, 6.07) is 5.04. The van der Waals surface area contributed by atoms with Crippen LogP contribution in [-0.2, 0) is 0 Å². The fraction of sp³-hybridized carbons (Fsp3) is 0. The monoisotopic (exact) mass is 319 g/mol. The molecule has 0 aliphatic heterocycles. The van der Waals surface area contributed by atoms with E-state index in [1.54, 1.807) is 0 Å². The van der Waals surface area contributed by atoms with Crippen molar-refractivity contribution in [3.63, 3.8) is 0 Å². The largest absolute Gasteiger partial charge is 0.436 e. The van der Waals surface area contributed by atoms with Gasteiger partial charge in [-0.2, -0.15) is 0 Å². The highest BCUT2D eigenvalue weighted by atomic mass is 79.9. The summed E-state index contributed by atoms with van der Waals surface area (Å²) in [5, 5.41) is 0.176. The molecule has 0 saturated heterocycles. The number of hydrogen-bond donors (Lipinski definition) is 0. The number of halogens is 4. The van der Waals surface area contributed by atoms with E-state index in [1.807, 2.05) is 0 Å². The van der Waals surface area contributed by atoms with E-state index in [0.717, 1.165) is 6.07 Å². The zero-order valence-corrected chi connectivity index (χ0v) is 10.6. The lowest BCUT2D eigenvalue weighted by Gasteiger charge is -2.06. The zero-order chi connectivity index (χ0) is 12.4. The van der Waals surface area contributed by atoms with Crippen molar-refractivity contribution in [3.05, 3.63) is 51.6 Å². The predicted octanol–water partition coefficient (Wildman–Crippen LogP) is 4.57. The van der Waals surface area contributed by atoms with Gasteiger partial charge in [-0.05, 0) is 40.2 Å². The van der Waals surface area contributed by atoms with Crippen molar-refractivity contribution in [2.45, 2.75) is 0 Å². The topological polar surface area (TPSA) is 22.1 Å². The van der Waals surface area contributed by atoms with Gasteiger partial charge in [-0.1, -0.05) is 11.6 Å². The van der Waals surface area contributed by atoms with Crippen molar-refractivity contribution in [2.24, 2.45) is 0 Å². The highest BCUT2D eigenvalue weighted by Crippen LogP contribution is 2.27. The SMILES string of the molecule is Fc1ccc(Oc2ncc(Cl)cc2F)cc1Br. The molecule has 1 aromatic heterocycles. The van der Waals surface area contributed by atoms with Crippen molar-refractivity contribution in [3.8, 4) is 11.6 Å². The fourth-order valence-corrected chi connectivity index (χ4v) is 1.63. The average Bonchev–Trinajstić information content (AvgIpc) is 2.27. The van der Waals surface area contributed by atoms with Crippen molar-refractivity contribution >= 4 is 27.5 Å². The Morgan fingerprint density at radius 1 is 1.18 bits per heavy atom. The zero-order valence-electron chi connectivity index (χ0n) is 8.25. The van der Waals surface area contributed by atoms with E-state index in [1.165, 1.54) is 24.4 Å². The molecular formula is C11H5BrClF2NO. The van der Waals surface area contributed by atoms with Gasteiger partial charge in [0.1, 0.15) is 11.6 Å². The van der Waals surface area contributed by atoms with Gasteiger partial charge in [0.25, 0.3) is 5.88 Å². The first-order valence-electron chi connectivity index (χ1n) is 4.50. The first-order valence-corrected chi connectivity index (χ1v) is 5.67. The van der Waals surface area contributed by atoms with Gasteiger partial charge in [0.2, 0.25) is 0 Å². The van der Waals surface area contributed by atoms with E-state index in [9.17, 15) is 8.78 Å². The second kappa shape index (κ2) is 4.98. The number of pyridine rings is 1. The third kappa shape index (κ3) is 2.92. The van der Waals surface area contributed by atoms with Crippen LogP contribution in [-0.4, -0.2) is 4.98 Å². The number of ether oxygens (including phenoxy) is 1. The smallest absolute Gasteiger partial charge is 0.255 e. The van der Waals surface area contributed by atoms with Crippen LogP contribution < -0.4 is 4.74 Å². The summed E-state index contributed by atoms with van der Waals surface area (Å²) in [5.74, 6) is -1.06. The van der Waals surface area contributed by atoms with E-state index in [0.29, 0.717) is 0 Å². The molecule has 17 heavy (non-hydrogen) atoms. The number of nitrogens with zero attached hydrogens (tertiary/aromatic N) is 1. The molecule has 2 nitrogen and oxygen atoms in total. The Morgan fingerprint density at radius 2 is 1.94 bits per heavy atom. The molecule has 0 aliphatic rings. The third-order valence-corrected chi connectivity index (χ3v) is 2.69. The van der Waals surface area contributed by atoms with E-state index < -0.39 is 11.6 Å². The highest BCUT2D eigenvalue weighted by Gasteiger charge is 2.08. The molecule has 0 N–H and O–H groups in total. The minimum absolute atomic E-state index is 0.176. The van der Waals surface area contributed by atoms with E-state index in [2.05, 4.69) is 20.9 Å². The normalized spacial score (nSPS) is 10.4. The van der Waals surface area contributed by atoms with Gasteiger partial charge in [0, 0.05) is 6.20 Å². The maximum absolute atomic E-state index is 13.4. The molecule has 0 atom stereocenters. The van der Waals surface area contributed by atoms with Crippen LogP contribution in [0.15, 0.2) is 34.9 Å². The Kier molecular flexibility index (Phi) is 3.59. The molecule has 0 bridgehead atoms. The van der Waals surface area contributed by atoms with Crippen LogP contribution in [0.3, 0.4) is 0 Å². The number of rotatable bonds is 2. The molecule has 0 fully saturated rings. The second-order valence-electron chi connectivity index (χ2n) is 3.12. The Morgan fingerprint density at radius 3 is 2.59 bits per heavy atom. The lowest BCUT2D eigenvalue weighted by atomic mass is 10.3. The fourth-order valence-electron chi connectivity index (χ4n) is 1.13. The molecule has 1 heterocycles. The summed E-state index contributed by atoms with van der Waals surface area (Å²) in [5.41, 5.74) is 0. The van der Waals surface area contributed by atoms with Gasteiger partial charge in [0.05, 0.1) is 9.50 Å². The van der Waals surface area contributed by atoms with Crippen LogP contribution in [0.5, 0.6) is 11.6 Å². The minimum Gasteiger partial charge on any atom is -0.436 e. The Hall–Kier alpha value is -1.20. The molecule has 0 amide bonds. The van der Waals surface area contributed by atoms with Gasteiger partial charge in [0.15, 0.2) is 5.82 Å². The molecule has 2 aromatic rings. The first-order chi connectivity index (χ1) is 8.06. The van der Waals surface area contributed by atoms with Gasteiger partial charge in [-0.3, -0.25) is 0 Å². The quantitative estimate of drug-likeness (QED) is 0.809. The summed E-state index contributed by atoms with van der Waals surface area (Å²) in [7, 11) is 0. The third-order valence-electron chi connectivity index (χ3n) is 1.88. The molecule has 0 unspecified atom stereocenters. The van der Waals surface area contributed by atoms with Crippen LogP contribution >= 0.6 is 27.5 Å². The van der Waals surface area contributed by atoms with Gasteiger partial charge in [-0.25, -0.2) is 13.8 Å². The minimum atomic E-state index is -0.682. The van der Waals surface area contributed by atoms with Crippen molar-refractivity contribution in [1.82, 2.24) is 4.98 Å². The molecule has 0 radical (unpaired) electrons. The van der Waals surface area contributed by atoms with Crippen LogP contribution in [0.2, 0.25) is 5.02 Å². The van der Waals surface area contributed by atoms with Crippen LogP contribution in [0, 0.1) is 11.6 Å². The predicted molar refractivity (Wildman–Crippen MR) is 63.4 cm³/mol. The number of hydrogen-bond acceptors (Lipinski definition) is 2. The molecule has 0 aliphatic carbocycles. The van der Waals surface area contributed by atoms with Crippen LogP contribution in [0.25, 0.3) is 0 Å². The molecule has 2 rings (SSSR count). The van der Waals surface area contributed by atoms with Gasteiger partial charge < -0.3 is 4.74 Å². The van der Waals surface area contributed by atoms with Crippen molar-refractivity contribution in [1.29, 1.82) is 0 Å². The maximum atomic E-state index is 13.4. The van der Waals surface area contributed by atoms with Crippen LogP contribution in [0.1, 0.15) is 0 Å². The summed E-state index contributed by atoms with van der Waals surface area (Å²) in [6.45, 7) is 0. The van der Waals surface area contributed by atoms with E-state index in [-0.39, 0.29) is 21.1 Å². The lowest BCUT2D eigenvalue weighted by Crippen LogP contribution is -1.92. The van der Waals surface area contributed by atoms with E-state index in [4.69, 9.17) is 16.3 Å². The average molecular weight is 321 g/mol. The molecule has 88 valence electrons. The Balaban J connectivity index is 2.28. The van der Waals surface area contributed by atoms with Crippen molar-refractivity contribution in [2.75, 3.05) is 0 Å². The van der Waals surface area contributed by atoms with E-state index >= 15 is 0 Å². The molecular weight excluding hydrogens is 315 g/mol. The summed E-state index contributed by atoms with van der Waals surface area (Å²) in [6.07, 6.45) is 1.26. The molecule has 1 aromatic carbocycles. The number of aromatic nitrogens is 1. The summed E-state index contributed by atoms with van der Waals surface area (Å²) >= 11 is 8.55. The van der Waals surface area contributed by atoms with Crippen LogP contribution in [0.4, 0.5) is 8.78 Å². The summed E-state index contributed by atoms with van der Waals surface area (Å²) < 4.78 is 31.7. The molecule has 0 spiro atoms. The second-order valence-corrected chi connectivity index (χ2v) is 4.41. The first kappa shape index (κ1) is 12.3. The maximum Gasteiger partial charge on any atom is 0.255 e. The van der Waals surface area contributed by atoms with Crippen molar-refractivity contribution < 1.29 is 13.5 Å². The standard InChI is InChI=1S/C11H5BrClF2NO/c12-8-4-7(1-2-9(8)14)17-11-10(15)3-6(13)5-16-11/h1-5H. The lowest BCUT2D eigenvalue weighted by molar-refractivity contribution is 0.421. The summed E-state index contributed by atoms with van der Waals surface area (Å²) in [4.78, 5) is 3.69. The van der Waals surface area contributed by atoms with Gasteiger partial charge >= 0.3 is 0 Å². The highest BCUT2D eigenvalue weighted by molar-refractivity contribution is 9.10.